The van der Waals surface area contributed by atoms with Gasteiger partial charge in [-0.15, -0.1) is 0 Å². The molecule has 1 fully saturated rings. The van der Waals surface area contributed by atoms with Gasteiger partial charge in [0.2, 0.25) is 0 Å². The first-order chi connectivity index (χ1) is 9.50. The lowest BCUT2D eigenvalue weighted by atomic mass is 10.0. The molecule has 2 rings (SSSR count). The first-order valence-corrected chi connectivity index (χ1v) is 7.20. The van der Waals surface area contributed by atoms with E-state index in [0.717, 1.165) is 30.9 Å². The van der Waals surface area contributed by atoms with Crippen LogP contribution in [0.25, 0.3) is 0 Å². The number of aliphatic hydroxyl groups is 1. The number of rotatable bonds is 5. The average molecular weight is 282 g/mol. The molecule has 0 spiro atoms. The lowest BCUT2D eigenvalue weighted by Gasteiger charge is -2.30. The fourth-order valence-corrected chi connectivity index (χ4v) is 2.71. The van der Waals surface area contributed by atoms with Crippen LogP contribution in [0.2, 0.25) is 0 Å². The van der Waals surface area contributed by atoms with Crippen LogP contribution in [0.1, 0.15) is 17.0 Å². The van der Waals surface area contributed by atoms with E-state index in [1.54, 1.807) is 0 Å². The van der Waals surface area contributed by atoms with Crippen molar-refractivity contribution in [2.75, 3.05) is 46.4 Å². The summed E-state index contributed by atoms with van der Waals surface area (Å²) in [5.74, 6) is 0. The van der Waals surface area contributed by atoms with Crippen molar-refractivity contribution in [1.29, 1.82) is 0 Å². The number of ether oxygens (including phenoxy) is 1. The van der Waals surface area contributed by atoms with E-state index < -0.39 is 5.60 Å². The number of β-amino-alcohol motifs (C(OH)–C–C–N with tert-alkyl or cyclic N) is 1. The van der Waals surface area contributed by atoms with E-state index in [0.29, 0.717) is 26.3 Å². The van der Waals surface area contributed by atoms with Crippen molar-refractivity contribution in [3.63, 3.8) is 0 Å². The molecule has 114 valence electrons. The standard InChI is InChI=1S/C14H26N4O2/c1-11-13(12(2)17-16-11)4-6-18(3)9-14(19)8-15-5-7-20-10-14/h15,19H,4-10H2,1-3H3,(H,16,17)/t14-/m1/s1. The van der Waals surface area contributed by atoms with Crippen LogP contribution >= 0.6 is 0 Å². The lowest BCUT2D eigenvalue weighted by molar-refractivity contribution is -0.0448. The minimum Gasteiger partial charge on any atom is -0.385 e. The van der Waals surface area contributed by atoms with Crippen molar-refractivity contribution in [1.82, 2.24) is 20.4 Å². The highest BCUT2D eigenvalue weighted by atomic mass is 16.5. The zero-order chi connectivity index (χ0) is 14.6. The van der Waals surface area contributed by atoms with E-state index in [1.165, 1.54) is 5.56 Å². The van der Waals surface area contributed by atoms with Gasteiger partial charge in [0.15, 0.2) is 0 Å². The summed E-state index contributed by atoms with van der Waals surface area (Å²) in [6, 6.07) is 0. The summed E-state index contributed by atoms with van der Waals surface area (Å²) in [4.78, 5) is 2.15. The third-order valence-corrected chi connectivity index (χ3v) is 3.84. The van der Waals surface area contributed by atoms with Crippen LogP contribution in [0, 0.1) is 13.8 Å². The Morgan fingerprint density at radius 1 is 1.45 bits per heavy atom. The number of aromatic nitrogens is 2. The molecular weight excluding hydrogens is 256 g/mol. The molecule has 1 atom stereocenters. The van der Waals surface area contributed by atoms with E-state index in [2.05, 4.69) is 20.4 Å². The first kappa shape index (κ1) is 15.4. The molecule has 0 saturated carbocycles. The summed E-state index contributed by atoms with van der Waals surface area (Å²) in [6.45, 7) is 8.02. The Balaban J connectivity index is 1.84. The molecule has 0 aliphatic carbocycles. The third-order valence-electron chi connectivity index (χ3n) is 3.84. The van der Waals surface area contributed by atoms with Gasteiger partial charge >= 0.3 is 0 Å². The number of likely N-dealkylation sites (N-methyl/N-ethyl adjacent to an activating group) is 1. The number of aromatic amines is 1. The number of hydrogen-bond acceptors (Lipinski definition) is 5. The van der Waals surface area contributed by atoms with Crippen LogP contribution in [-0.2, 0) is 11.2 Å². The van der Waals surface area contributed by atoms with Crippen LogP contribution in [0.3, 0.4) is 0 Å². The van der Waals surface area contributed by atoms with Crippen LogP contribution in [0.4, 0.5) is 0 Å². The smallest absolute Gasteiger partial charge is 0.113 e. The molecule has 1 aromatic rings. The SMILES string of the molecule is Cc1n[nH]c(C)c1CCN(C)C[C@]1(O)CNCCOC1. The van der Waals surface area contributed by atoms with Crippen molar-refractivity contribution >= 4 is 0 Å². The Morgan fingerprint density at radius 2 is 2.25 bits per heavy atom. The molecule has 3 N–H and O–H groups in total. The summed E-state index contributed by atoms with van der Waals surface area (Å²) in [7, 11) is 2.04. The summed E-state index contributed by atoms with van der Waals surface area (Å²) in [5, 5.41) is 21.0. The predicted octanol–water partition coefficient (Wildman–Crippen LogP) is -0.148. The predicted molar refractivity (Wildman–Crippen MR) is 77.9 cm³/mol. The molecule has 1 aromatic heterocycles. The monoisotopic (exact) mass is 282 g/mol. The normalized spacial score (nSPS) is 24.1. The molecule has 0 bridgehead atoms. The maximum absolute atomic E-state index is 10.5. The quantitative estimate of drug-likeness (QED) is 0.700. The molecule has 1 saturated heterocycles. The second-order valence-corrected chi connectivity index (χ2v) is 5.85. The number of nitrogens with zero attached hydrogens (tertiary/aromatic N) is 2. The molecule has 6 nitrogen and oxygen atoms in total. The van der Waals surface area contributed by atoms with Gasteiger partial charge in [-0.3, -0.25) is 5.10 Å². The molecule has 0 radical (unpaired) electrons. The van der Waals surface area contributed by atoms with Gasteiger partial charge in [0, 0.05) is 31.9 Å². The molecule has 0 unspecified atom stereocenters. The molecule has 2 heterocycles. The van der Waals surface area contributed by atoms with Gasteiger partial charge in [-0.25, -0.2) is 0 Å². The molecular formula is C14H26N4O2. The van der Waals surface area contributed by atoms with Crippen LogP contribution in [0.15, 0.2) is 0 Å². The average Bonchev–Trinajstić information content (AvgIpc) is 2.59. The van der Waals surface area contributed by atoms with Crippen molar-refractivity contribution in [3.05, 3.63) is 17.0 Å². The fourth-order valence-electron chi connectivity index (χ4n) is 2.71. The summed E-state index contributed by atoms with van der Waals surface area (Å²) < 4.78 is 5.45. The molecule has 6 heteroatoms. The first-order valence-electron chi connectivity index (χ1n) is 7.20. The topological polar surface area (TPSA) is 73.4 Å². The zero-order valence-corrected chi connectivity index (χ0v) is 12.7. The van der Waals surface area contributed by atoms with E-state index in [9.17, 15) is 5.11 Å². The van der Waals surface area contributed by atoms with Gasteiger partial charge < -0.3 is 20.1 Å². The molecule has 1 aliphatic rings. The number of H-pyrrole nitrogens is 1. The van der Waals surface area contributed by atoms with Gasteiger partial charge in [-0.1, -0.05) is 0 Å². The maximum Gasteiger partial charge on any atom is 0.113 e. The molecule has 0 amide bonds. The van der Waals surface area contributed by atoms with E-state index in [-0.39, 0.29) is 0 Å². The Bertz CT molecular complexity index is 405. The van der Waals surface area contributed by atoms with E-state index in [1.807, 2.05) is 20.9 Å². The minimum atomic E-state index is -0.800. The Kier molecular flexibility index (Phi) is 5.15. The Morgan fingerprint density at radius 3 is 2.95 bits per heavy atom. The number of nitrogens with one attached hydrogen (secondary N) is 2. The third kappa shape index (κ3) is 4.02. The largest absolute Gasteiger partial charge is 0.385 e. The second kappa shape index (κ2) is 6.67. The van der Waals surface area contributed by atoms with Gasteiger partial charge in [-0.05, 0) is 32.9 Å². The summed E-state index contributed by atoms with van der Waals surface area (Å²) in [5.41, 5.74) is 2.67. The van der Waals surface area contributed by atoms with Crippen LogP contribution in [0.5, 0.6) is 0 Å². The lowest BCUT2D eigenvalue weighted by Crippen LogP contribution is -2.50. The van der Waals surface area contributed by atoms with Crippen molar-refractivity contribution in [2.24, 2.45) is 0 Å². The number of hydrogen-bond donors (Lipinski definition) is 3. The highest BCUT2D eigenvalue weighted by molar-refractivity contribution is 5.23. The van der Waals surface area contributed by atoms with Crippen molar-refractivity contribution in [3.8, 4) is 0 Å². The maximum atomic E-state index is 10.5. The molecule has 0 aromatic carbocycles. The van der Waals surface area contributed by atoms with Gasteiger partial charge in [0.05, 0.1) is 18.9 Å². The van der Waals surface area contributed by atoms with Crippen molar-refractivity contribution in [2.45, 2.75) is 25.9 Å². The molecule has 1 aliphatic heterocycles. The Hall–Kier alpha value is -0.950. The van der Waals surface area contributed by atoms with Crippen LogP contribution in [-0.4, -0.2) is 72.2 Å². The summed E-state index contributed by atoms with van der Waals surface area (Å²) >= 11 is 0. The highest BCUT2D eigenvalue weighted by Crippen LogP contribution is 2.12. The van der Waals surface area contributed by atoms with Gasteiger partial charge in [0.25, 0.3) is 0 Å². The fraction of sp³-hybridized carbons (Fsp3) is 0.786. The van der Waals surface area contributed by atoms with Crippen molar-refractivity contribution < 1.29 is 9.84 Å². The Labute approximate surface area is 120 Å². The highest BCUT2D eigenvalue weighted by Gasteiger charge is 2.30. The zero-order valence-electron chi connectivity index (χ0n) is 12.7. The molecule has 20 heavy (non-hydrogen) atoms. The summed E-state index contributed by atoms with van der Waals surface area (Å²) in [6.07, 6.45) is 0.940. The van der Waals surface area contributed by atoms with Gasteiger partial charge in [-0.2, -0.15) is 5.10 Å². The van der Waals surface area contributed by atoms with Crippen LogP contribution < -0.4 is 5.32 Å². The van der Waals surface area contributed by atoms with E-state index >= 15 is 0 Å². The number of aryl methyl sites for hydroxylation is 2. The minimum absolute atomic E-state index is 0.397. The van der Waals surface area contributed by atoms with Gasteiger partial charge in [0.1, 0.15) is 5.60 Å². The van der Waals surface area contributed by atoms with E-state index in [4.69, 9.17) is 4.74 Å². The second-order valence-electron chi connectivity index (χ2n) is 5.85.